The number of nitrogens with two attached hydrogens (primary N) is 1. The summed E-state index contributed by atoms with van der Waals surface area (Å²) in [4.78, 5) is 11.2. The summed E-state index contributed by atoms with van der Waals surface area (Å²) in [6.07, 6.45) is -0.0181. The summed E-state index contributed by atoms with van der Waals surface area (Å²) in [6, 6.07) is 4.15. The minimum atomic E-state index is -3.77. The van der Waals surface area contributed by atoms with Gasteiger partial charge in [-0.1, -0.05) is 12.1 Å². The van der Waals surface area contributed by atoms with E-state index < -0.39 is 17.9 Å². The topological polar surface area (TPSA) is 61.5 Å². The fraction of sp³-hybridized carbons (Fsp3) is 0.500. The first-order valence-corrected chi connectivity index (χ1v) is 6.36. The summed E-state index contributed by atoms with van der Waals surface area (Å²) in [5.41, 5.74) is 5.60. The van der Waals surface area contributed by atoms with Crippen LogP contribution in [0, 0.1) is 0 Å². The van der Waals surface area contributed by atoms with Gasteiger partial charge < -0.3 is 15.2 Å². The Labute approximate surface area is 116 Å². The van der Waals surface area contributed by atoms with Gasteiger partial charge in [0.2, 0.25) is 0 Å². The van der Waals surface area contributed by atoms with Crippen LogP contribution in [0.15, 0.2) is 24.3 Å². The lowest BCUT2D eigenvalue weighted by atomic mass is 10.0. The number of alkyl halides is 2. The second kappa shape index (κ2) is 6.65. The molecule has 0 unspecified atom stereocenters. The van der Waals surface area contributed by atoms with E-state index in [1.165, 1.54) is 31.2 Å². The van der Waals surface area contributed by atoms with Gasteiger partial charge in [-0.25, -0.2) is 4.79 Å². The number of hydrogen-bond donors (Lipinski definition) is 1. The van der Waals surface area contributed by atoms with Gasteiger partial charge in [-0.3, -0.25) is 0 Å². The molecule has 112 valence electrons. The molecule has 0 saturated carbocycles. The first kappa shape index (κ1) is 16.4. The van der Waals surface area contributed by atoms with Gasteiger partial charge in [0.25, 0.3) is 0 Å². The summed E-state index contributed by atoms with van der Waals surface area (Å²) in [7, 11) is 0. The fourth-order valence-corrected chi connectivity index (χ4v) is 1.59. The van der Waals surface area contributed by atoms with Crippen molar-refractivity contribution in [3.63, 3.8) is 0 Å². The van der Waals surface area contributed by atoms with Crippen LogP contribution in [0.4, 0.5) is 8.78 Å². The molecule has 0 saturated heterocycles. The summed E-state index contributed by atoms with van der Waals surface area (Å²) in [6.45, 7) is 5.04. The van der Waals surface area contributed by atoms with Crippen LogP contribution in [0.5, 0.6) is 5.75 Å². The van der Waals surface area contributed by atoms with Crippen LogP contribution in [0.3, 0.4) is 0 Å². The maximum Gasteiger partial charge on any atom is 0.379 e. The van der Waals surface area contributed by atoms with Crippen LogP contribution in [-0.2, 0) is 9.53 Å². The van der Waals surface area contributed by atoms with E-state index in [0.717, 1.165) is 0 Å². The van der Waals surface area contributed by atoms with E-state index in [1.807, 2.05) is 13.8 Å². The van der Waals surface area contributed by atoms with Crippen LogP contribution in [-0.4, -0.2) is 24.6 Å². The lowest BCUT2D eigenvalue weighted by Crippen LogP contribution is -2.41. The molecule has 0 aliphatic rings. The monoisotopic (exact) mass is 287 g/mol. The predicted molar refractivity (Wildman–Crippen MR) is 70.7 cm³/mol. The predicted octanol–water partition coefficient (Wildman–Crippen LogP) is 2.67. The quantitative estimate of drug-likeness (QED) is 0.817. The Balaban J connectivity index is 2.86. The highest BCUT2D eigenvalue weighted by Crippen LogP contribution is 2.31. The van der Waals surface area contributed by atoms with Crippen molar-refractivity contribution in [2.75, 3.05) is 6.61 Å². The van der Waals surface area contributed by atoms with E-state index in [1.54, 1.807) is 0 Å². The Morgan fingerprint density at radius 2 is 1.85 bits per heavy atom. The summed E-state index contributed by atoms with van der Waals surface area (Å²) in [5.74, 6) is -4.83. The van der Waals surface area contributed by atoms with E-state index in [2.05, 4.69) is 4.74 Å². The molecule has 4 nitrogen and oxygen atoms in total. The van der Waals surface area contributed by atoms with E-state index >= 15 is 0 Å². The summed E-state index contributed by atoms with van der Waals surface area (Å²) in [5, 5.41) is 0. The normalized spacial score (nSPS) is 13.2. The molecule has 0 aromatic heterocycles. The average Bonchev–Trinajstić information content (AvgIpc) is 2.38. The van der Waals surface area contributed by atoms with Gasteiger partial charge in [-0.15, -0.1) is 0 Å². The Morgan fingerprint density at radius 1 is 1.30 bits per heavy atom. The van der Waals surface area contributed by atoms with Crippen molar-refractivity contribution in [3.05, 3.63) is 29.8 Å². The average molecular weight is 287 g/mol. The maximum atomic E-state index is 13.8. The van der Waals surface area contributed by atoms with Crippen LogP contribution in [0.25, 0.3) is 0 Å². The number of benzene rings is 1. The zero-order chi connectivity index (χ0) is 15.3. The minimum Gasteiger partial charge on any atom is -0.491 e. The third-order valence-electron chi connectivity index (χ3n) is 2.55. The van der Waals surface area contributed by atoms with Crippen molar-refractivity contribution >= 4 is 5.97 Å². The molecule has 0 bridgehead atoms. The van der Waals surface area contributed by atoms with E-state index in [-0.39, 0.29) is 18.3 Å². The molecule has 6 heteroatoms. The highest BCUT2D eigenvalue weighted by molar-refractivity contribution is 5.78. The summed E-state index contributed by atoms with van der Waals surface area (Å²) < 4.78 is 37.3. The largest absolute Gasteiger partial charge is 0.491 e. The van der Waals surface area contributed by atoms with Crippen molar-refractivity contribution in [1.82, 2.24) is 0 Å². The lowest BCUT2D eigenvalue weighted by molar-refractivity contribution is -0.174. The molecule has 0 spiro atoms. The second-order valence-corrected chi connectivity index (χ2v) is 4.56. The molecular weight excluding hydrogens is 268 g/mol. The fourth-order valence-electron chi connectivity index (χ4n) is 1.59. The molecule has 0 aliphatic heterocycles. The van der Waals surface area contributed by atoms with Crippen LogP contribution in [0.1, 0.15) is 32.4 Å². The van der Waals surface area contributed by atoms with E-state index in [4.69, 9.17) is 10.5 Å². The Morgan fingerprint density at radius 3 is 2.30 bits per heavy atom. The molecule has 0 heterocycles. The molecule has 0 radical (unpaired) electrons. The number of esters is 1. The number of halogens is 2. The third-order valence-corrected chi connectivity index (χ3v) is 2.55. The molecule has 0 amide bonds. The lowest BCUT2D eigenvalue weighted by Gasteiger charge is -2.22. The van der Waals surface area contributed by atoms with Gasteiger partial charge in [0.05, 0.1) is 12.7 Å². The van der Waals surface area contributed by atoms with Crippen molar-refractivity contribution in [1.29, 1.82) is 0 Å². The second-order valence-electron chi connectivity index (χ2n) is 4.56. The molecule has 0 fully saturated rings. The van der Waals surface area contributed by atoms with Crippen molar-refractivity contribution in [3.8, 4) is 5.75 Å². The smallest absolute Gasteiger partial charge is 0.379 e. The Bertz CT molecular complexity index is 446. The summed E-state index contributed by atoms with van der Waals surface area (Å²) >= 11 is 0. The van der Waals surface area contributed by atoms with Crippen molar-refractivity contribution in [2.45, 2.75) is 38.8 Å². The molecule has 1 aromatic rings. The number of carbonyl (C=O) groups is 1. The zero-order valence-electron chi connectivity index (χ0n) is 11.7. The van der Waals surface area contributed by atoms with Gasteiger partial charge in [0.15, 0.2) is 0 Å². The number of carbonyl (C=O) groups excluding carboxylic acids is 1. The van der Waals surface area contributed by atoms with Gasteiger partial charge in [0.1, 0.15) is 11.8 Å². The Kier molecular flexibility index (Phi) is 5.44. The van der Waals surface area contributed by atoms with Crippen molar-refractivity contribution < 1.29 is 23.0 Å². The first-order valence-electron chi connectivity index (χ1n) is 6.36. The van der Waals surface area contributed by atoms with Gasteiger partial charge in [0, 0.05) is 0 Å². The third kappa shape index (κ3) is 3.90. The number of ether oxygens (including phenoxy) is 2. The standard InChI is InChI=1S/C14H19F2NO3/c1-4-19-13(18)14(15,16)12(17)10-5-7-11(8-6-10)20-9(2)3/h5-9,12H,4,17H2,1-3H3/t12-/m1/s1. The Hall–Kier alpha value is -1.69. The molecule has 2 N–H and O–H groups in total. The van der Waals surface area contributed by atoms with Gasteiger partial charge >= 0.3 is 11.9 Å². The maximum absolute atomic E-state index is 13.8. The van der Waals surface area contributed by atoms with Crippen molar-refractivity contribution in [2.24, 2.45) is 5.73 Å². The molecule has 1 rings (SSSR count). The van der Waals surface area contributed by atoms with Crippen LogP contribution >= 0.6 is 0 Å². The molecule has 20 heavy (non-hydrogen) atoms. The molecule has 1 atom stereocenters. The first-order chi connectivity index (χ1) is 9.28. The number of rotatable bonds is 6. The zero-order valence-corrected chi connectivity index (χ0v) is 11.7. The van der Waals surface area contributed by atoms with Gasteiger partial charge in [-0.05, 0) is 38.5 Å². The van der Waals surface area contributed by atoms with E-state index in [0.29, 0.717) is 5.75 Å². The highest BCUT2D eigenvalue weighted by atomic mass is 19.3. The highest BCUT2D eigenvalue weighted by Gasteiger charge is 2.47. The van der Waals surface area contributed by atoms with Crippen LogP contribution < -0.4 is 10.5 Å². The molecule has 0 aliphatic carbocycles. The van der Waals surface area contributed by atoms with Crippen LogP contribution in [0.2, 0.25) is 0 Å². The SMILES string of the molecule is CCOC(=O)C(F)(F)[C@H](N)c1ccc(OC(C)C)cc1. The van der Waals surface area contributed by atoms with E-state index in [9.17, 15) is 13.6 Å². The molecule has 1 aromatic carbocycles. The number of hydrogen-bond acceptors (Lipinski definition) is 4. The minimum absolute atomic E-state index is 0.0181. The molecular formula is C14H19F2NO3. The van der Waals surface area contributed by atoms with Gasteiger partial charge in [-0.2, -0.15) is 8.78 Å².